The highest BCUT2D eigenvalue weighted by Crippen LogP contribution is 2.36. The predicted octanol–water partition coefficient (Wildman–Crippen LogP) is 4.73. The van der Waals surface area contributed by atoms with Gasteiger partial charge in [-0.05, 0) is 17.7 Å². The van der Waals surface area contributed by atoms with Gasteiger partial charge in [-0.15, -0.1) is 12.4 Å². The molecule has 0 radical (unpaired) electrons. The molecular formula is C10H9Cl2F6N. The van der Waals surface area contributed by atoms with Gasteiger partial charge in [-0.3, -0.25) is 0 Å². The summed E-state index contributed by atoms with van der Waals surface area (Å²) >= 11 is 5.37. The molecule has 0 saturated heterocycles. The second-order valence-electron chi connectivity index (χ2n) is 3.66. The highest BCUT2D eigenvalue weighted by molar-refractivity contribution is 6.31. The normalized spacial score (nSPS) is 13.9. The molecule has 0 saturated carbocycles. The zero-order chi connectivity index (χ0) is 14.1. The SMILES string of the molecule is Cl.N[C@H](CC(F)(F)F)c1ccc(C(F)(F)F)c(Cl)c1. The molecule has 0 spiro atoms. The van der Waals surface area contributed by atoms with Crippen LogP contribution in [0.3, 0.4) is 0 Å². The molecule has 110 valence electrons. The standard InChI is InChI=1S/C10H8ClF6N.ClH/c11-7-3-5(8(18)4-9(12,13)14)1-2-6(7)10(15,16)17;/h1-3,8H,4,18H2;1H/t8-;/m1./s1. The van der Waals surface area contributed by atoms with E-state index in [9.17, 15) is 26.3 Å². The number of rotatable bonds is 2. The van der Waals surface area contributed by atoms with Crippen molar-refractivity contribution in [3.05, 3.63) is 34.3 Å². The lowest BCUT2D eigenvalue weighted by molar-refractivity contribution is -0.139. The molecule has 1 rings (SSSR count). The Morgan fingerprint density at radius 1 is 1.11 bits per heavy atom. The van der Waals surface area contributed by atoms with E-state index < -0.39 is 35.4 Å². The van der Waals surface area contributed by atoms with Crippen molar-refractivity contribution < 1.29 is 26.3 Å². The second-order valence-corrected chi connectivity index (χ2v) is 4.07. The maximum absolute atomic E-state index is 12.4. The van der Waals surface area contributed by atoms with Crippen molar-refractivity contribution >= 4 is 24.0 Å². The maximum atomic E-state index is 12.4. The van der Waals surface area contributed by atoms with Crippen molar-refractivity contribution in [1.29, 1.82) is 0 Å². The molecular weight excluding hydrogens is 319 g/mol. The number of benzene rings is 1. The van der Waals surface area contributed by atoms with Crippen molar-refractivity contribution in [2.24, 2.45) is 5.73 Å². The summed E-state index contributed by atoms with van der Waals surface area (Å²) in [6.45, 7) is 0. The van der Waals surface area contributed by atoms with Gasteiger partial charge in [0.2, 0.25) is 0 Å². The molecule has 1 nitrogen and oxygen atoms in total. The number of nitrogens with two attached hydrogens (primary N) is 1. The fourth-order valence-electron chi connectivity index (χ4n) is 1.36. The molecule has 2 N–H and O–H groups in total. The Morgan fingerprint density at radius 2 is 1.63 bits per heavy atom. The molecule has 0 aliphatic carbocycles. The Kier molecular flexibility index (Phi) is 5.98. The molecule has 1 aromatic rings. The van der Waals surface area contributed by atoms with Crippen LogP contribution in [0.2, 0.25) is 5.02 Å². The Balaban J connectivity index is 0.00000324. The van der Waals surface area contributed by atoms with Gasteiger partial charge in [-0.1, -0.05) is 17.7 Å². The molecule has 19 heavy (non-hydrogen) atoms. The highest BCUT2D eigenvalue weighted by atomic mass is 35.5. The third-order valence-corrected chi connectivity index (χ3v) is 2.49. The van der Waals surface area contributed by atoms with Crippen LogP contribution >= 0.6 is 24.0 Å². The largest absolute Gasteiger partial charge is 0.417 e. The van der Waals surface area contributed by atoms with Crippen molar-refractivity contribution in [2.75, 3.05) is 0 Å². The van der Waals surface area contributed by atoms with E-state index in [0.29, 0.717) is 6.07 Å². The average molecular weight is 328 g/mol. The third kappa shape index (κ3) is 5.46. The van der Waals surface area contributed by atoms with Gasteiger partial charge in [0.1, 0.15) is 0 Å². The first-order chi connectivity index (χ1) is 8.00. The van der Waals surface area contributed by atoms with Gasteiger partial charge in [-0.25, -0.2) is 0 Å². The van der Waals surface area contributed by atoms with E-state index in [0.717, 1.165) is 12.1 Å². The highest BCUT2D eigenvalue weighted by Gasteiger charge is 2.34. The molecule has 0 unspecified atom stereocenters. The van der Waals surface area contributed by atoms with Crippen LogP contribution in [0.15, 0.2) is 18.2 Å². The van der Waals surface area contributed by atoms with E-state index in [2.05, 4.69) is 0 Å². The van der Waals surface area contributed by atoms with Crippen molar-refractivity contribution in [3.8, 4) is 0 Å². The number of hydrogen-bond donors (Lipinski definition) is 1. The number of halogens is 8. The van der Waals surface area contributed by atoms with Gasteiger partial charge in [0.15, 0.2) is 0 Å². The molecule has 0 aromatic heterocycles. The predicted molar refractivity (Wildman–Crippen MR) is 61.3 cm³/mol. The van der Waals surface area contributed by atoms with Crippen LogP contribution in [0.5, 0.6) is 0 Å². The molecule has 1 aromatic carbocycles. The lowest BCUT2D eigenvalue weighted by atomic mass is 10.0. The monoisotopic (exact) mass is 327 g/mol. The Hall–Kier alpha value is -0.660. The number of alkyl halides is 6. The first-order valence-corrected chi connectivity index (χ1v) is 5.07. The average Bonchev–Trinajstić information content (AvgIpc) is 2.12. The van der Waals surface area contributed by atoms with E-state index in [1.54, 1.807) is 0 Å². The van der Waals surface area contributed by atoms with Crippen LogP contribution in [0.4, 0.5) is 26.3 Å². The van der Waals surface area contributed by atoms with Crippen LogP contribution in [-0.4, -0.2) is 6.18 Å². The molecule has 0 bridgehead atoms. The van der Waals surface area contributed by atoms with Gasteiger partial charge >= 0.3 is 12.4 Å². The fourth-order valence-corrected chi connectivity index (χ4v) is 1.66. The molecule has 0 heterocycles. The summed E-state index contributed by atoms with van der Waals surface area (Å²) in [4.78, 5) is 0. The second kappa shape index (κ2) is 6.19. The summed E-state index contributed by atoms with van der Waals surface area (Å²) in [6.07, 6.45) is -10.5. The molecule has 0 aliphatic rings. The Morgan fingerprint density at radius 3 is 2.00 bits per heavy atom. The summed E-state index contributed by atoms with van der Waals surface area (Å²) in [5, 5.41) is -0.669. The lowest BCUT2D eigenvalue weighted by Crippen LogP contribution is -2.20. The maximum Gasteiger partial charge on any atom is 0.417 e. The summed E-state index contributed by atoms with van der Waals surface area (Å²) in [5.74, 6) is 0. The van der Waals surface area contributed by atoms with E-state index in [1.165, 1.54) is 0 Å². The van der Waals surface area contributed by atoms with Crippen LogP contribution in [0, 0.1) is 0 Å². The van der Waals surface area contributed by atoms with E-state index in [1.807, 2.05) is 0 Å². The Bertz CT molecular complexity index is 429. The minimum Gasteiger partial charge on any atom is -0.324 e. The first-order valence-electron chi connectivity index (χ1n) is 4.69. The van der Waals surface area contributed by atoms with Crippen molar-refractivity contribution in [2.45, 2.75) is 24.8 Å². The van der Waals surface area contributed by atoms with E-state index >= 15 is 0 Å². The van der Waals surface area contributed by atoms with Gasteiger partial charge in [0.05, 0.1) is 17.0 Å². The van der Waals surface area contributed by atoms with Crippen molar-refractivity contribution in [3.63, 3.8) is 0 Å². The third-order valence-electron chi connectivity index (χ3n) is 2.18. The van der Waals surface area contributed by atoms with E-state index in [-0.39, 0.29) is 18.0 Å². The van der Waals surface area contributed by atoms with Gasteiger partial charge in [-0.2, -0.15) is 26.3 Å². The molecule has 1 atom stereocenters. The first kappa shape index (κ1) is 18.3. The van der Waals surface area contributed by atoms with Crippen LogP contribution in [0.1, 0.15) is 23.6 Å². The van der Waals surface area contributed by atoms with Crippen LogP contribution in [-0.2, 0) is 6.18 Å². The topological polar surface area (TPSA) is 26.0 Å². The molecule has 0 aliphatic heterocycles. The van der Waals surface area contributed by atoms with E-state index in [4.69, 9.17) is 17.3 Å². The zero-order valence-electron chi connectivity index (χ0n) is 9.15. The lowest BCUT2D eigenvalue weighted by Gasteiger charge is -2.16. The van der Waals surface area contributed by atoms with Crippen LogP contribution < -0.4 is 5.73 Å². The van der Waals surface area contributed by atoms with Gasteiger partial charge < -0.3 is 5.73 Å². The molecule has 9 heteroatoms. The summed E-state index contributed by atoms with van der Waals surface area (Å²) in [5.41, 5.74) is 4.05. The molecule has 0 fully saturated rings. The quantitative estimate of drug-likeness (QED) is 0.780. The van der Waals surface area contributed by atoms with Crippen molar-refractivity contribution in [1.82, 2.24) is 0 Å². The smallest absolute Gasteiger partial charge is 0.324 e. The van der Waals surface area contributed by atoms with Gasteiger partial charge in [0.25, 0.3) is 0 Å². The molecule has 0 amide bonds. The summed E-state index contributed by atoms with van der Waals surface area (Å²) in [6, 6.07) is 0.879. The Labute approximate surface area is 116 Å². The minimum atomic E-state index is -4.65. The van der Waals surface area contributed by atoms with Crippen LogP contribution in [0.25, 0.3) is 0 Å². The summed E-state index contributed by atoms with van der Waals surface area (Å²) in [7, 11) is 0. The zero-order valence-corrected chi connectivity index (χ0v) is 10.7. The van der Waals surface area contributed by atoms with Gasteiger partial charge in [0, 0.05) is 6.04 Å². The fraction of sp³-hybridized carbons (Fsp3) is 0.400. The summed E-state index contributed by atoms with van der Waals surface area (Å²) < 4.78 is 73.3. The number of hydrogen-bond acceptors (Lipinski definition) is 1. The minimum absolute atomic E-state index is 0.